The minimum Gasteiger partial charge on any atom is -0.333 e. The van der Waals surface area contributed by atoms with Gasteiger partial charge < -0.3 is 9.47 Å². The molecule has 0 saturated heterocycles. The minimum atomic E-state index is -4.66. The Bertz CT molecular complexity index is 2070. The fourth-order valence-corrected chi connectivity index (χ4v) is 6.23. The van der Waals surface area contributed by atoms with E-state index in [0.29, 0.717) is 47.5 Å². The number of anilines is 1. The van der Waals surface area contributed by atoms with Crippen LogP contribution in [0.15, 0.2) is 73.8 Å². The van der Waals surface area contributed by atoms with E-state index >= 15 is 0 Å². The first kappa shape index (κ1) is 28.5. The third-order valence-electron chi connectivity index (χ3n) is 8.28. The lowest BCUT2D eigenvalue weighted by Gasteiger charge is -2.31. The molecule has 5 heterocycles. The molecule has 6 aromatic rings. The summed E-state index contributed by atoms with van der Waals surface area (Å²) in [6.07, 6.45) is 8.31. The first-order valence-electron chi connectivity index (χ1n) is 14.6. The van der Waals surface area contributed by atoms with E-state index in [0.717, 1.165) is 38.7 Å². The van der Waals surface area contributed by atoms with Crippen molar-refractivity contribution >= 4 is 22.5 Å². The van der Waals surface area contributed by atoms with Crippen LogP contribution in [0.5, 0.6) is 0 Å². The normalized spacial score (nSPS) is 13.6. The van der Waals surface area contributed by atoms with Gasteiger partial charge in [0.25, 0.3) is 5.91 Å². The number of carbonyl (C=O) groups excluding carboxylic acids is 1. The van der Waals surface area contributed by atoms with Crippen molar-refractivity contribution in [3.8, 4) is 22.3 Å². The summed E-state index contributed by atoms with van der Waals surface area (Å²) in [5.74, 6) is -0.278. The Morgan fingerprint density at radius 3 is 2.44 bits per heavy atom. The predicted octanol–water partition coefficient (Wildman–Crippen LogP) is 6.06. The highest BCUT2D eigenvalue weighted by atomic mass is 19.4. The molecule has 0 unspecified atom stereocenters. The van der Waals surface area contributed by atoms with E-state index in [1.807, 2.05) is 23.9 Å². The Labute approximate surface area is 256 Å². The summed E-state index contributed by atoms with van der Waals surface area (Å²) < 4.78 is 47.1. The number of fused-ring (bicyclic) bond motifs is 2. The van der Waals surface area contributed by atoms with Crippen LogP contribution >= 0.6 is 0 Å². The first-order valence-corrected chi connectivity index (χ1v) is 14.6. The van der Waals surface area contributed by atoms with E-state index in [2.05, 4.69) is 34.2 Å². The predicted molar refractivity (Wildman–Crippen MR) is 164 cm³/mol. The molecule has 1 aliphatic rings. The van der Waals surface area contributed by atoms with Gasteiger partial charge in [0, 0.05) is 85.8 Å². The zero-order chi connectivity index (χ0) is 31.5. The second-order valence-corrected chi connectivity index (χ2v) is 11.3. The Morgan fingerprint density at radius 2 is 1.73 bits per heavy atom. The lowest BCUT2D eigenvalue weighted by molar-refractivity contribution is -0.140. The zero-order valence-corrected chi connectivity index (χ0v) is 24.9. The Morgan fingerprint density at radius 1 is 0.933 bits per heavy atom. The molecule has 0 fully saturated rings. The number of pyridine rings is 1. The molecule has 4 aromatic heterocycles. The molecule has 0 N–H and O–H groups in total. The second-order valence-electron chi connectivity index (χ2n) is 11.3. The van der Waals surface area contributed by atoms with Crippen LogP contribution < -0.4 is 4.90 Å². The molecule has 0 bridgehead atoms. The van der Waals surface area contributed by atoms with Gasteiger partial charge >= 0.3 is 6.18 Å². The van der Waals surface area contributed by atoms with E-state index < -0.39 is 11.9 Å². The summed E-state index contributed by atoms with van der Waals surface area (Å²) in [5.41, 5.74) is 5.35. The zero-order valence-electron chi connectivity index (χ0n) is 24.9. The molecular formula is C33H29F3N8O. The summed E-state index contributed by atoms with van der Waals surface area (Å²) in [7, 11) is 3.32. The van der Waals surface area contributed by atoms with Crippen LogP contribution in [0, 0.1) is 0 Å². The van der Waals surface area contributed by atoms with E-state index in [4.69, 9.17) is 4.98 Å². The van der Waals surface area contributed by atoms with Crippen LogP contribution in [0.1, 0.15) is 39.7 Å². The van der Waals surface area contributed by atoms with Crippen LogP contribution in [0.2, 0.25) is 0 Å². The highest BCUT2D eigenvalue weighted by Crippen LogP contribution is 2.41. The number of alkyl halides is 3. The SMILES string of the molecule is CCc1cc(-c2cnn(C)c2)c2nccc(N3CCc4c(cc(Cn5ccnc5)cc4-c4cn(C)nc4C(F)(F)F)C3=O)c2c1. The third-order valence-corrected chi connectivity index (χ3v) is 8.28. The van der Waals surface area contributed by atoms with Gasteiger partial charge in [0.05, 0.1) is 23.7 Å². The van der Waals surface area contributed by atoms with Crippen molar-refractivity contribution < 1.29 is 18.0 Å². The van der Waals surface area contributed by atoms with Crippen molar-refractivity contribution in [1.29, 1.82) is 0 Å². The number of aryl methyl sites for hydroxylation is 3. The van der Waals surface area contributed by atoms with Crippen molar-refractivity contribution in [1.82, 2.24) is 34.1 Å². The van der Waals surface area contributed by atoms with Gasteiger partial charge in [-0.15, -0.1) is 0 Å². The maximum absolute atomic E-state index is 14.4. The van der Waals surface area contributed by atoms with Crippen molar-refractivity contribution in [3.05, 3.63) is 102 Å². The van der Waals surface area contributed by atoms with Gasteiger partial charge in [-0.25, -0.2) is 4.98 Å². The summed E-state index contributed by atoms with van der Waals surface area (Å²) in [6.45, 7) is 2.70. The second kappa shape index (κ2) is 10.7. The Kier molecular flexibility index (Phi) is 6.79. The Balaban J connectivity index is 1.39. The number of aromatic nitrogens is 7. The lowest BCUT2D eigenvalue weighted by atomic mass is 9.87. The average Bonchev–Trinajstić information content (AvgIpc) is 3.78. The molecular weight excluding hydrogens is 581 g/mol. The fraction of sp³-hybridized carbons (Fsp3) is 0.242. The molecule has 1 amide bonds. The molecule has 1 aliphatic heterocycles. The highest BCUT2D eigenvalue weighted by molar-refractivity contribution is 6.14. The quantitative estimate of drug-likeness (QED) is 0.229. The number of carbonyl (C=O) groups is 1. The number of amides is 1. The van der Waals surface area contributed by atoms with Crippen molar-refractivity contribution in [2.75, 3.05) is 11.4 Å². The largest absolute Gasteiger partial charge is 0.435 e. The minimum absolute atomic E-state index is 0.0435. The highest BCUT2D eigenvalue weighted by Gasteiger charge is 2.39. The van der Waals surface area contributed by atoms with E-state index in [1.54, 1.807) is 52.8 Å². The monoisotopic (exact) mass is 610 g/mol. The molecule has 0 spiro atoms. The Hall–Kier alpha value is -5.26. The maximum atomic E-state index is 14.4. The summed E-state index contributed by atoms with van der Waals surface area (Å²) in [6, 6.07) is 9.52. The number of imidazole rings is 1. The molecule has 0 radical (unpaired) electrons. The number of halogens is 3. The number of nitrogens with zero attached hydrogens (tertiary/aromatic N) is 8. The topological polar surface area (TPSA) is 86.7 Å². The molecule has 45 heavy (non-hydrogen) atoms. The van der Waals surface area contributed by atoms with E-state index in [9.17, 15) is 18.0 Å². The van der Waals surface area contributed by atoms with E-state index in [1.165, 1.54) is 13.2 Å². The molecule has 0 saturated carbocycles. The smallest absolute Gasteiger partial charge is 0.333 e. The molecule has 2 aromatic carbocycles. The maximum Gasteiger partial charge on any atom is 0.435 e. The van der Waals surface area contributed by atoms with Gasteiger partial charge in [-0.05, 0) is 65.4 Å². The van der Waals surface area contributed by atoms with Crippen LogP contribution in [-0.2, 0) is 39.7 Å². The van der Waals surface area contributed by atoms with Crippen LogP contribution in [0.3, 0.4) is 0 Å². The average molecular weight is 611 g/mol. The van der Waals surface area contributed by atoms with Gasteiger partial charge in [-0.2, -0.15) is 23.4 Å². The van der Waals surface area contributed by atoms with Gasteiger partial charge in [-0.3, -0.25) is 19.1 Å². The first-order chi connectivity index (χ1) is 21.6. The van der Waals surface area contributed by atoms with Gasteiger partial charge in [0.2, 0.25) is 0 Å². The molecule has 0 aliphatic carbocycles. The van der Waals surface area contributed by atoms with Crippen LogP contribution in [0.4, 0.5) is 18.9 Å². The molecule has 0 atom stereocenters. The standard InChI is InChI=1S/C33H29F3N8O/c1-4-20-11-24(22-15-39-41(2)17-22)30-27(12-20)29(5-7-38-30)44-9-6-23-25(28-18-42(3)40-31(28)33(34,35)36)13-21(14-26(23)32(44)45)16-43-10-8-37-19-43/h5,7-8,10-15,17-19H,4,6,9,16H2,1-3H3. The van der Waals surface area contributed by atoms with Gasteiger partial charge in [0.15, 0.2) is 5.69 Å². The van der Waals surface area contributed by atoms with E-state index in [-0.39, 0.29) is 11.5 Å². The lowest BCUT2D eigenvalue weighted by Crippen LogP contribution is -2.38. The molecule has 228 valence electrons. The number of benzene rings is 2. The molecule has 9 nitrogen and oxygen atoms in total. The van der Waals surface area contributed by atoms with Crippen LogP contribution in [0.25, 0.3) is 33.2 Å². The van der Waals surface area contributed by atoms with Crippen molar-refractivity contribution in [2.45, 2.75) is 32.5 Å². The van der Waals surface area contributed by atoms with Crippen molar-refractivity contribution in [2.24, 2.45) is 14.1 Å². The van der Waals surface area contributed by atoms with Gasteiger partial charge in [-0.1, -0.05) is 6.92 Å². The number of hydrogen-bond acceptors (Lipinski definition) is 5. The fourth-order valence-electron chi connectivity index (χ4n) is 6.23. The summed E-state index contributed by atoms with van der Waals surface area (Å²) >= 11 is 0. The van der Waals surface area contributed by atoms with Crippen LogP contribution in [-0.4, -0.2) is 46.5 Å². The summed E-state index contributed by atoms with van der Waals surface area (Å²) in [4.78, 5) is 25.0. The summed E-state index contributed by atoms with van der Waals surface area (Å²) in [5, 5.41) is 8.91. The third kappa shape index (κ3) is 5.05. The number of rotatable bonds is 6. The molecule has 7 rings (SSSR count). The molecule has 12 heteroatoms. The van der Waals surface area contributed by atoms with Crippen molar-refractivity contribution in [3.63, 3.8) is 0 Å². The van der Waals surface area contributed by atoms with Gasteiger partial charge in [0.1, 0.15) is 0 Å². The number of hydrogen-bond donors (Lipinski definition) is 0.